The van der Waals surface area contributed by atoms with Gasteiger partial charge in [0, 0.05) is 13.7 Å². The third kappa shape index (κ3) is 4.99. The molecule has 0 unspecified atom stereocenters. The van der Waals surface area contributed by atoms with Gasteiger partial charge in [-0.05, 0) is 18.1 Å². The van der Waals surface area contributed by atoms with Crippen LogP contribution < -0.4 is 11.2 Å². The first-order valence-corrected chi connectivity index (χ1v) is 10.9. The van der Waals surface area contributed by atoms with Gasteiger partial charge in [0.25, 0.3) is 5.56 Å². The fourth-order valence-electron chi connectivity index (χ4n) is 3.79. The lowest BCUT2D eigenvalue weighted by Gasteiger charge is -2.13. The Kier molecular flexibility index (Phi) is 7.03. The van der Waals surface area contributed by atoms with Crippen LogP contribution in [0, 0.1) is 6.92 Å². The van der Waals surface area contributed by atoms with Crippen molar-refractivity contribution in [2.24, 2.45) is 0 Å². The summed E-state index contributed by atoms with van der Waals surface area (Å²) in [4.78, 5) is 43.6. The van der Waals surface area contributed by atoms with Crippen LogP contribution in [0.4, 0.5) is 0 Å². The SMILES string of the molecule is COCCn1cnc2c1c(=O)n(CC(=O)OCc1cccc(C)c1)c(=O)n2Cc1ccccc1. The lowest BCUT2D eigenvalue weighted by atomic mass is 10.1. The molecule has 0 aliphatic carbocycles. The van der Waals surface area contributed by atoms with Crippen molar-refractivity contribution in [3.8, 4) is 0 Å². The Bertz CT molecular complexity index is 1420. The molecule has 0 radical (unpaired) electrons. The normalized spacial score (nSPS) is 11.1. The van der Waals surface area contributed by atoms with Crippen LogP contribution in [0.15, 0.2) is 70.5 Å². The van der Waals surface area contributed by atoms with Gasteiger partial charge >= 0.3 is 11.7 Å². The maximum absolute atomic E-state index is 13.3. The van der Waals surface area contributed by atoms with Crippen molar-refractivity contribution in [3.05, 3.63) is 98.5 Å². The van der Waals surface area contributed by atoms with Crippen molar-refractivity contribution in [1.82, 2.24) is 18.7 Å². The third-order valence-corrected chi connectivity index (χ3v) is 5.47. The Morgan fingerprint density at radius 2 is 1.76 bits per heavy atom. The van der Waals surface area contributed by atoms with E-state index < -0.39 is 23.8 Å². The zero-order valence-electron chi connectivity index (χ0n) is 19.1. The van der Waals surface area contributed by atoms with Gasteiger partial charge in [-0.3, -0.25) is 14.2 Å². The molecular formula is C25H26N4O5. The van der Waals surface area contributed by atoms with E-state index in [0.29, 0.717) is 13.2 Å². The number of aryl methyl sites for hydroxylation is 1. The maximum Gasteiger partial charge on any atom is 0.333 e. The summed E-state index contributed by atoms with van der Waals surface area (Å²) in [6.07, 6.45) is 1.51. The van der Waals surface area contributed by atoms with Crippen molar-refractivity contribution in [2.75, 3.05) is 13.7 Å². The number of nitrogens with zero attached hydrogens (tertiary/aromatic N) is 4. The quantitative estimate of drug-likeness (QED) is 0.354. The molecule has 2 aromatic heterocycles. The number of fused-ring (bicyclic) bond motifs is 1. The molecule has 0 saturated carbocycles. The second-order valence-corrected chi connectivity index (χ2v) is 8.00. The van der Waals surface area contributed by atoms with Crippen LogP contribution in [0.5, 0.6) is 0 Å². The fourth-order valence-corrected chi connectivity index (χ4v) is 3.79. The number of ether oxygens (including phenoxy) is 2. The first-order valence-electron chi connectivity index (χ1n) is 10.9. The highest BCUT2D eigenvalue weighted by molar-refractivity contribution is 5.72. The van der Waals surface area contributed by atoms with Gasteiger partial charge in [-0.2, -0.15) is 0 Å². The molecule has 0 atom stereocenters. The summed E-state index contributed by atoms with van der Waals surface area (Å²) >= 11 is 0. The number of esters is 1. The van der Waals surface area contributed by atoms with E-state index in [0.717, 1.165) is 21.3 Å². The van der Waals surface area contributed by atoms with Crippen molar-refractivity contribution < 1.29 is 14.3 Å². The second-order valence-electron chi connectivity index (χ2n) is 8.00. The first-order chi connectivity index (χ1) is 16.5. The minimum atomic E-state index is -0.672. The summed E-state index contributed by atoms with van der Waals surface area (Å²) in [5, 5.41) is 0. The minimum absolute atomic E-state index is 0.0570. The van der Waals surface area contributed by atoms with Crippen LogP contribution in [0.3, 0.4) is 0 Å². The molecule has 0 spiro atoms. The fraction of sp³-hybridized carbons (Fsp3) is 0.280. The molecule has 176 valence electrons. The molecule has 9 heteroatoms. The Balaban J connectivity index is 1.70. The van der Waals surface area contributed by atoms with Gasteiger partial charge in [-0.15, -0.1) is 0 Å². The number of hydrogen-bond acceptors (Lipinski definition) is 6. The molecule has 0 aliphatic heterocycles. The maximum atomic E-state index is 13.3. The molecule has 9 nitrogen and oxygen atoms in total. The van der Waals surface area contributed by atoms with Gasteiger partial charge in [-0.1, -0.05) is 60.2 Å². The van der Waals surface area contributed by atoms with Crippen LogP contribution in [0.1, 0.15) is 16.7 Å². The van der Waals surface area contributed by atoms with E-state index >= 15 is 0 Å². The summed E-state index contributed by atoms with van der Waals surface area (Å²) in [5.41, 5.74) is 2.03. The Morgan fingerprint density at radius 3 is 2.50 bits per heavy atom. The minimum Gasteiger partial charge on any atom is -0.459 e. The Hall–Kier alpha value is -3.98. The van der Waals surface area contributed by atoms with Crippen molar-refractivity contribution in [3.63, 3.8) is 0 Å². The van der Waals surface area contributed by atoms with Gasteiger partial charge in [0.05, 0.1) is 19.5 Å². The number of carbonyl (C=O) groups excluding carboxylic acids is 1. The lowest BCUT2D eigenvalue weighted by molar-refractivity contribution is -0.145. The molecule has 0 bridgehead atoms. The van der Waals surface area contributed by atoms with Crippen molar-refractivity contribution in [2.45, 2.75) is 33.2 Å². The average Bonchev–Trinajstić information content (AvgIpc) is 3.26. The Labute approximate surface area is 195 Å². The number of aromatic nitrogens is 4. The predicted octanol–water partition coefficient (Wildman–Crippen LogP) is 2.11. The van der Waals surface area contributed by atoms with E-state index in [9.17, 15) is 14.4 Å². The smallest absolute Gasteiger partial charge is 0.333 e. The highest BCUT2D eigenvalue weighted by atomic mass is 16.5. The van der Waals surface area contributed by atoms with E-state index in [4.69, 9.17) is 9.47 Å². The lowest BCUT2D eigenvalue weighted by Crippen LogP contribution is -2.42. The van der Waals surface area contributed by atoms with Gasteiger partial charge in [0.15, 0.2) is 11.2 Å². The zero-order valence-corrected chi connectivity index (χ0v) is 19.1. The molecule has 2 aromatic carbocycles. The summed E-state index contributed by atoms with van der Waals surface area (Å²) in [6.45, 7) is 2.45. The predicted molar refractivity (Wildman–Crippen MR) is 127 cm³/mol. The van der Waals surface area contributed by atoms with E-state index in [2.05, 4.69) is 4.98 Å². The van der Waals surface area contributed by atoms with Gasteiger partial charge < -0.3 is 14.0 Å². The van der Waals surface area contributed by atoms with Crippen LogP contribution >= 0.6 is 0 Å². The molecule has 2 heterocycles. The van der Waals surface area contributed by atoms with Crippen LogP contribution in [0.2, 0.25) is 0 Å². The second kappa shape index (κ2) is 10.3. The molecule has 4 aromatic rings. The largest absolute Gasteiger partial charge is 0.459 e. The third-order valence-electron chi connectivity index (χ3n) is 5.47. The summed E-state index contributed by atoms with van der Waals surface area (Å²) < 4.78 is 14.4. The van der Waals surface area contributed by atoms with Crippen molar-refractivity contribution >= 4 is 17.1 Å². The summed E-state index contributed by atoms with van der Waals surface area (Å²) in [6, 6.07) is 17.0. The number of rotatable bonds is 9. The van der Waals surface area contributed by atoms with E-state index in [-0.39, 0.29) is 24.3 Å². The van der Waals surface area contributed by atoms with Crippen LogP contribution in [-0.2, 0) is 40.5 Å². The number of benzene rings is 2. The molecule has 0 aliphatic rings. The van der Waals surface area contributed by atoms with Gasteiger partial charge in [0.1, 0.15) is 13.2 Å². The number of carbonyl (C=O) groups is 1. The number of hydrogen-bond donors (Lipinski definition) is 0. The first kappa shape index (κ1) is 23.2. The highest BCUT2D eigenvalue weighted by Crippen LogP contribution is 2.10. The van der Waals surface area contributed by atoms with E-state index in [1.165, 1.54) is 10.9 Å². The number of methoxy groups -OCH3 is 1. The van der Waals surface area contributed by atoms with Gasteiger partial charge in [0.2, 0.25) is 0 Å². The molecule has 0 fully saturated rings. The topological polar surface area (TPSA) is 97.4 Å². The molecular weight excluding hydrogens is 436 g/mol. The molecule has 34 heavy (non-hydrogen) atoms. The highest BCUT2D eigenvalue weighted by Gasteiger charge is 2.20. The van der Waals surface area contributed by atoms with Gasteiger partial charge in [-0.25, -0.2) is 14.3 Å². The zero-order chi connectivity index (χ0) is 24.1. The van der Waals surface area contributed by atoms with E-state index in [1.807, 2.05) is 61.5 Å². The average molecular weight is 463 g/mol. The van der Waals surface area contributed by atoms with E-state index in [1.54, 1.807) is 11.7 Å². The van der Waals surface area contributed by atoms with Crippen molar-refractivity contribution in [1.29, 1.82) is 0 Å². The summed E-state index contributed by atoms with van der Waals surface area (Å²) in [5.74, 6) is -0.672. The molecule has 4 rings (SSSR count). The molecule has 0 saturated heterocycles. The monoisotopic (exact) mass is 462 g/mol. The molecule has 0 N–H and O–H groups in total. The number of imidazole rings is 1. The van der Waals surface area contributed by atoms with Crippen LogP contribution in [-0.4, -0.2) is 38.4 Å². The van der Waals surface area contributed by atoms with Crippen LogP contribution in [0.25, 0.3) is 11.2 Å². The Morgan fingerprint density at radius 1 is 1.00 bits per heavy atom. The standard InChI is InChI=1S/C25H26N4O5/c1-18-7-6-10-20(13-18)16-34-21(30)15-29-24(31)22-23(26-17-27(22)11-12-33-2)28(25(29)32)14-19-8-4-3-5-9-19/h3-10,13,17H,11-12,14-16H2,1-2H3. The summed E-state index contributed by atoms with van der Waals surface area (Å²) in [7, 11) is 1.56. The molecule has 0 amide bonds.